The van der Waals surface area contributed by atoms with E-state index in [0.717, 1.165) is 25.4 Å². The number of rotatable bonds is 4. The van der Waals surface area contributed by atoms with Gasteiger partial charge in [0, 0.05) is 19.1 Å². The molecule has 80 valence electrons. The molecule has 0 bridgehead atoms. The van der Waals surface area contributed by atoms with Gasteiger partial charge in [-0.3, -0.25) is 4.79 Å². The Morgan fingerprint density at radius 2 is 2.36 bits per heavy atom. The largest absolute Gasteiger partial charge is 0.337 e. The molecule has 1 N–H and O–H groups in total. The zero-order chi connectivity index (χ0) is 9.97. The van der Waals surface area contributed by atoms with E-state index in [1.165, 1.54) is 19.3 Å². The van der Waals surface area contributed by atoms with Gasteiger partial charge in [0.15, 0.2) is 0 Å². The van der Waals surface area contributed by atoms with Gasteiger partial charge in [-0.2, -0.15) is 0 Å². The first-order chi connectivity index (χ1) is 6.81. The molecule has 1 unspecified atom stereocenters. The smallest absolute Gasteiger partial charge is 0.236 e. The van der Waals surface area contributed by atoms with Gasteiger partial charge < -0.3 is 10.2 Å². The van der Waals surface area contributed by atoms with Crippen molar-refractivity contribution in [2.24, 2.45) is 5.92 Å². The van der Waals surface area contributed by atoms with Crippen LogP contribution in [0.1, 0.15) is 32.6 Å². The van der Waals surface area contributed by atoms with Crippen molar-refractivity contribution in [3.8, 4) is 0 Å². The van der Waals surface area contributed by atoms with Gasteiger partial charge in [0.25, 0.3) is 0 Å². The monoisotopic (exact) mass is 196 g/mol. The molecule has 0 aromatic rings. The lowest BCUT2D eigenvalue weighted by molar-refractivity contribution is -0.134. The summed E-state index contributed by atoms with van der Waals surface area (Å²) in [5, 5.41) is 3.12. The summed E-state index contributed by atoms with van der Waals surface area (Å²) in [5.41, 5.74) is 0. The molecule has 1 atom stereocenters. The van der Waals surface area contributed by atoms with Crippen LogP contribution in [0.4, 0.5) is 0 Å². The van der Waals surface area contributed by atoms with Crippen molar-refractivity contribution < 1.29 is 4.79 Å². The lowest BCUT2D eigenvalue weighted by atomic mass is 10.1. The molecule has 3 nitrogen and oxygen atoms in total. The van der Waals surface area contributed by atoms with Crippen LogP contribution in [0.5, 0.6) is 0 Å². The molecule has 0 spiro atoms. The number of nitrogens with zero attached hydrogens (tertiary/aromatic N) is 1. The fraction of sp³-hybridized carbons (Fsp3) is 0.909. The Balaban J connectivity index is 1.90. The van der Waals surface area contributed by atoms with Crippen LogP contribution in [0.25, 0.3) is 0 Å². The highest BCUT2D eigenvalue weighted by Crippen LogP contribution is 2.35. The highest BCUT2D eigenvalue weighted by Gasteiger charge is 2.30. The van der Waals surface area contributed by atoms with Crippen molar-refractivity contribution in [2.45, 2.75) is 38.6 Å². The molecule has 0 aromatic carbocycles. The highest BCUT2D eigenvalue weighted by molar-refractivity contribution is 5.79. The minimum absolute atomic E-state index is 0.295. The van der Waals surface area contributed by atoms with Crippen molar-refractivity contribution in [1.29, 1.82) is 0 Å². The van der Waals surface area contributed by atoms with Gasteiger partial charge >= 0.3 is 0 Å². The quantitative estimate of drug-likeness (QED) is 0.727. The molecule has 2 aliphatic rings. The van der Waals surface area contributed by atoms with Crippen LogP contribution in [-0.4, -0.2) is 36.5 Å². The third kappa shape index (κ3) is 2.27. The molecule has 3 heteroatoms. The summed E-state index contributed by atoms with van der Waals surface area (Å²) in [6.45, 7) is 4.61. The van der Waals surface area contributed by atoms with E-state index in [1.807, 2.05) is 0 Å². The van der Waals surface area contributed by atoms with Crippen LogP contribution in [0, 0.1) is 5.92 Å². The maximum atomic E-state index is 11.7. The fourth-order valence-corrected chi connectivity index (χ4v) is 2.26. The Hall–Kier alpha value is -0.570. The fourth-order valence-electron chi connectivity index (χ4n) is 2.26. The second-order valence-corrected chi connectivity index (χ2v) is 4.51. The van der Waals surface area contributed by atoms with Gasteiger partial charge in [-0.25, -0.2) is 0 Å². The average molecular weight is 196 g/mol. The summed E-state index contributed by atoms with van der Waals surface area (Å²) in [4.78, 5) is 13.8. The van der Waals surface area contributed by atoms with Crippen LogP contribution < -0.4 is 5.32 Å². The zero-order valence-electron chi connectivity index (χ0n) is 8.96. The molecule has 1 aliphatic carbocycles. The Kier molecular flexibility index (Phi) is 3.06. The molecule has 1 heterocycles. The van der Waals surface area contributed by atoms with E-state index in [9.17, 15) is 4.79 Å². The molecule has 0 aromatic heterocycles. The van der Waals surface area contributed by atoms with Gasteiger partial charge in [0.1, 0.15) is 0 Å². The molecule has 1 saturated carbocycles. The first-order valence-corrected chi connectivity index (χ1v) is 5.81. The van der Waals surface area contributed by atoms with Gasteiger partial charge in [-0.05, 0) is 18.8 Å². The summed E-state index contributed by atoms with van der Waals surface area (Å²) in [7, 11) is 0. The van der Waals surface area contributed by atoms with Crippen LogP contribution in [0.3, 0.4) is 0 Å². The van der Waals surface area contributed by atoms with Crippen molar-refractivity contribution in [3.63, 3.8) is 0 Å². The van der Waals surface area contributed by atoms with Crippen molar-refractivity contribution in [2.75, 3.05) is 19.6 Å². The predicted octanol–water partition coefficient (Wildman–Crippen LogP) is 0.997. The van der Waals surface area contributed by atoms with Crippen LogP contribution in [-0.2, 0) is 4.79 Å². The van der Waals surface area contributed by atoms with Crippen LogP contribution >= 0.6 is 0 Å². The van der Waals surface area contributed by atoms with Gasteiger partial charge in [0.2, 0.25) is 5.91 Å². The predicted molar refractivity (Wildman–Crippen MR) is 56.0 cm³/mol. The lowest BCUT2D eigenvalue weighted by Crippen LogP contribution is -2.52. The summed E-state index contributed by atoms with van der Waals surface area (Å²) >= 11 is 0. The molecular formula is C11H20N2O. The standard InChI is InChI=1S/C11H20N2O/c1-2-10(7-9-3-4-9)13-6-5-12-8-11(13)14/h9-10,12H,2-8H2,1H3. The molecule has 1 aliphatic heterocycles. The first-order valence-electron chi connectivity index (χ1n) is 5.81. The van der Waals surface area contributed by atoms with Gasteiger partial charge in [-0.1, -0.05) is 19.8 Å². The average Bonchev–Trinajstić information content (AvgIpc) is 2.99. The Bertz CT molecular complexity index is 213. The maximum Gasteiger partial charge on any atom is 0.236 e. The number of piperazine rings is 1. The molecule has 14 heavy (non-hydrogen) atoms. The third-order valence-corrected chi connectivity index (χ3v) is 3.34. The Labute approximate surface area is 85.8 Å². The van der Waals surface area contributed by atoms with Crippen molar-refractivity contribution in [3.05, 3.63) is 0 Å². The van der Waals surface area contributed by atoms with E-state index in [2.05, 4.69) is 17.1 Å². The minimum Gasteiger partial charge on any atom is -0.337 e. The van der Waals surface area contributed by atoms with Gasteiger partial charge in [-0.15, -0.1) is 0 Å². The third-order valence-electron chi connectivity index (χ3n) is 3.34. The van der Waals surface area contributed by atoms with E-state index < -0.39 is 0 Å². The Morgan fingerprint density at radius 1 is 1.57 bits per heavy atom. The lowest BCUT2D eigenvalue weighted by Gasteiger charge is -2.34. The molecule has 0 radical (unpaired) electrons. The van der Waals surface area contributed by atoms with Crippen LogP contribution in [0.15, 0.2) is 0 Å². The summed E-state index contributed by atoms with van der Waals surface area (Å²) in [6, 6.07) is 0.511. The highest BCUT2D eigenvalue weighted by atomic mass is 16.2. The summed E-state index contributed by atoms with van der Waals surface area (Å²) in [6.07, 6.45) is 5.12. The number of carbonyl (C=O) groups excluding carboxylic acids is 1. The molecule has 1 amide bonds. The minimum atomic E-state index is 0.295. The number of hydrogen-bond acceptors (Lipinski definition) is 2. The zero-order valence-corrected chi connectivity index (χ0v) is 8.96. The SMILES string of the molecule is CCC(CC1CC1)N1CCNCC1=O. The van der Waals surface area contributed by atoms with Gasteiger partial charge in [0.05, 0.1) is 6.54 Å². The van der Waals surface area contributed by atoms with E-state index in [4.69, 9.17) is 0 Å². The number of hydrogen-bond donors (Lipinski definition) is 1. The maximum absolute atomic E-state index is 11.7. The topological polar surface area (TPSA) is 32.3 Å². The summed E-state index contributed by atoms with van der Waals surface area (Å²) in [5.74, 6) is 1.21. The van der Waals surface area contributed by atoms with E-state index in [0.29, 0.717) is 18.5 Å². The van der Waals surface area contributed by atoms with Crippen LogP contribution in [0.2, 0.25) is 0 Å². The first kappa shape index (κ1) is 9.97. The normalized spacial score (nSPS) is 25.2. The van der Waals surface area contributed by atoms with E-state index in [1.54, 1.807) is 0 Å². The van der Waals surface area contributed by atoms with Crippen molar-refractivity contribution >= 4 is 5.91 Å². The molecule has 2 fully saturated rings. The molecule has 1 saturated heterocycles. The second kappa shape index (κ2) is 4.30. The Morgan fingerprint density at radius 3 is 2.93 bits per heavy atom. The number of amides is 1. The van der Waals surface area contributed by atoms with Crippen molar-refractivity contribution in [1.82, 2.24) is 10.2 Å². The second-order valence-electron chi connectivity index (χ2n) is 4.51. The number of carbonyl (C=O) groups is 1. The van der Waals surface area contributed by atoms with E-state index in [-0.39, 0.29) is 0 Å². The molecule has 2 rings (SSSR count). The summed E-state index contributed by atoms with van der Waals surface area (Å²) < 4.78 is 0. The molecular weight excluding hydrogens is 176 g/mol. The van der Waals surface area contributed by atoms with E-state index >= 15 is 0 Å². The number of nitrogens with one attached hydrogen (secondary N) is 1.